The van der Waals surface area contributed by atoms with Crippen molar-refractivity contribution < 1.29 is 31.5 Å². The van der Waals surface area contributed by atoms with E-state index in [1.165, 1.54) is 25.1 Å². The highest BCUT2D eigenvalue weighted by molar-refractivity contribution is 7.89. The minimum atomic E-state index is -4.12. The Bertz CT molecular complexity index is 995. The normalized spacial score (nSPS) is 12.3. The van der Waals surface area contributed by atoms with Gasteiger partial charge in [0.2, 0.25) is 10.0 Å². The lowest BCUT2D eigenvalue weighted by atomic mass is 10.2. The highest BCUT2D eigenvalue weighted by atomic mass is 32.2. The molecule has 0 aliphatic heterocycles. The number of hydrogen-bond acceptors (Lipinski definition) is 5. The van der Waals surface area contributed by atoms with Crippen molar-refractivity contribution in [1.29, 1.82) is 0 Å². The first-order chi connectivity index (χ1) is 13.1. The molecule has 0 spiro atoms. The summed E-state index contributed by atoms with van der Waals surface area (Å²) in [6.45, 7) is 2.09. The average molecular weight is 412 g/mol. The van der Waals surface area contributed by atoms with E-state index in [-0.39, 0.29) is 10.6 Å². The second kappa shape index (κ2) is 8.89. The van der Waals surface area contributed by atoms with Gasteiger partial charge in [-0.2, -0.15) is 4.72 Å². The molecular formula is C18H18F2N2O5S. The highest BCUT2D eigenvalue weighted by Crippen LogP contribution is 2.14. The number of amides is 1. The van der Waals surface area contributed by atoms with Crippen molar-refractivity contribution in [2.24, 2.45) is 0 Å². The van der Waals surface area contributed by atoms with Crippen molar-refractivity contribution in [3.63, 3.8) is 0 Å². The van der Waals surface area contributed by atoms with Crippen molar-refractivity contribution in [3.8, 4) is 0 Å². The fraction of sp³-hybridized carbons (Fsp3) is 0.222. The van der Waals surface area contributed by atoms with Crippen LogP contribution in [0.1, 0.15) is 12.5 Å². The van der Waals surface area contributed by atoms with Crippen LogP contribution in [0.3, 0.4) is 0 Å². The van der Waals surface area contributed by atoms with E-state index in [0.717, 1.165) is 24.3 Å². The molecule has 28 heavy (non-hydrogen) atoms. The Labute approximate surface area is 160 Å². The van der Waals surface area contributed by atoms with Crippen molar-refractivity contribution >= 4 is 27.6 Å². The van der Waals surface area contributed by atoms with Gasteiger partial charge in [-0.05, 0) is 49.7 Å². The Morgan fingerprint density at radius 3 is 2.50 bits per heavy atom. The van der Waals surface area contributed by atoms with E-state index >= 15 is 0 Å². The van der Waals surface area contributed by atoms with Crippen LogP contribution in [0, 0.1) is 18.6 Å². The molecule has 2 aromatic carbocycles. The number of carbonyl (C=O) groups is 2. The van der Waals surface area contributed by atoms with Gasteiger partial charge >= 0.3 is 5.97 Å². The van der Waals surface area contributed by atoms with E-state index in [1.54, 1.807) is 6.92 Å². The first-order valence-corrected chi connectivity index (χ1v) is 9.58. The predicted octanol–water partition coefficient (Wildman–Crippen LogP) is 2.12. The molecule has 0 aliphatic carbocycles. The number of esters is 1. The van der Waals surface area contributed by atoms with Gasteiger partial charge in [0.15, 0.2) is 6.10 Å². The van der Waals surface area contributed by atoms with Gasteiger partial charge in [-0.3, -0.25) is 9.59 Å². The summed E-state index contributed by atoms with van der Waals surface area (Å²) in [6.07, 6.45) is -1.25. The second-order valence-electron chi connectivity index (χ2n) is 5.87. The molecule has 2 N–H and O–H groups in total. The molecule has 0 saturated heterocycles. The zero-order chi connectivity index (χ0) is 20.9. The molecule has 0 radical (unpaired) electrons. The van der Waals surface area contributed by atoms with E-state index in [1.807, 2.05) is 4.72 Å². The quantitative estimate of drug-likeness (QED) is 0.679. The van der Waals surface area contributed by atoms with Crippen LogP contribution in [-0.4, -0.2) is 32.9 Å². The fourth-order valence-electron chi connectivity index (χ4n) is 2.08. The van der Waals surface area contributed by atoms with Crippen LogP contribution >= 0.6 is 0 Å². The number of benzene rings is 2. The topological polar surface area (TPSA) is 102 Å². The molecule has 2 aromatic rings. The second-order valence-corrected chi connectivity index (χ2v) is 7.63. The summed E-state index contributed by atoms with van der Waals surface area (Å²) < 4.78 is 57.4. The SMILES string of the molecule is Cc1ccc(NC(=O)[C@H](C)OC(=O)CNS(=O)(=O)c2cccc(F)c2)cc1F. The molecule has 0 unspecified atom stereocenters. The number of aryl methyl sites for hydroxylation is 1. The molecule has 10 heteroatoms. The maximum Gasteiger partial charge on any atom is 0.321 e. The number of rotatable bonds is 7. The third-order valence-electron chi connectivity index (χ3n) is 3.63. The van der Waals surface area contributed by atoms with Crippen LogP contribution in [-0.2, 0) is 24.3 Å². The van der Waals surface area contributed by atoms with E-state index in [2.05, 4.69) is 5.32 Å². The number of ether oxygens (including phenoxy) is 1. The summed E-state index contributed by atoms with van der Waals surface area (Å²) in [5, 5.41) is 2.38. The van der Waals surface area contributed by atoms with Gasteiger partial charge in [0, 0.05) is 5.69 Å². The smallest absolute Gasteiger partial charge is 0.321 e. The van der Waals surface area contributed by atoms with E-state index < -0.39 is 46.2 Å². The summed E-state index contributed by atoms with van der Waals surface area (Å²) in [6, 6.07) is 8.32. The summed E-state index contributed by atoms with van der Waals surface area (Å²) in [4.78, 5) is 23.4. The first-order valence-electron chi connectivity index (χ1n) is 8.10. The number of nitrogens with one attached hydrogen (secondary N) is 2. The maximum atomic E-state index is 13.5. The Balaban J connectivity index is 1.89. The van der Waals surface area contributed by atoms with Gasteiger partial charge in [0.1, 0.15) is 18.2 Å². The molecule has 150 valence electrons. The number of sulfonamides is 1. The lowest BCUT2D eigenvalue weighted by Crippen LogP contribution is -2.35. The third-order valence-corrected chi connectivity index (χ3v) is 5.03. The molecule has 1 atom stereocenters. The summed E-state index contributed by atoms with van der Waals surface area (Å²) >= 11 is 0. The van der Waals surface area contributed by atoms with Crippen molar-refractivity contribution in [3.05, 3.63) is 59.7 Å². The maximum absolute atomic E-state index is 13.5. The average Bonchev–Trinajstić information content (AvgIpc) is 2.63. The predicted molar refractivity (Wildman–Crippen MR) is 96.9 cm³/mol. The Morgan fingerprint density at radius 1 is 1.14 bits per heavy atom. The molecule has 7 nitrogen and oxygen atoms in total. The lowest BCUT2D eigenvalue weighted by Gasteiger charge is -2.14. The van der Waals surface area contributed by atoms with Crippen LogP contribution in [0.15, 0.2) is 47.4 Å². The largest absolute Gasteiger partial charge is 0.452 e. The van der Waals surface area contributed by atoms with Gasteiger partial charge in [0.05, 0.1) is 4.90 Å². The standard InChI is InChI=1S/C18H18F2N2O5S/c1-11-6-7-14(9-16(11)20)22-18(24)12(2)27-17(23)10-21-28(25,26)15-5-3-4-13(19)8-15/h3-9,12,21H,10H2,1-2H3,(H,22,24)/t12-/m0/s1. The highest BCUT2D eigenvalue weighted by Gasteiger charge is 2.21. The monoisotopic (exact) mass is 412 g/mol. The molecule has 0 bridgehead atoms. The molecule has 0 aromatic heterocycles. The van der Waals surface area contributed by atoms with Crippen LogP contribution in [0.5, 0.6) is 0 Å². The minimum absolute atomic E-state index is 0.183. The van der Waals surface area contributed by atoms with Crippen LogP contribution in [0.4, 0.5) is 14.5 Å². The van der Waals surface area contributed by atoms with Crippen LogP contribution in [0.25, 0.3) is 0 Å². The minimum Gasteiger partial charge on any atom is -0.452 e. The number of hydrogen-bond donors (Lipinski definition) is 2. The molecule has 0 aliphatic rings. The molecule has 1 amide bonds. The first kappa shape index (κ1) is 21.5. The summed E-state index contributed by atoms with van der Waals surface area (Å²) in [7, 11) is -4.12. The molecule has 0 heterocycles. The van der Waals surface area contributed by atoms with Gasteiger partial charge in [-0.25, -0.2) is 17.2 Å². The molecule has 2 rings (SSSR count). The van der Waals surface area contributed by atoms with Gasteiger partial charge in [0.25, 0.3) is 5.91 Å². The third kappa shape index (κ3) is 5.83. The van der Waals surface area contributed by atoms with E-state index in [4.69, 9.17) is 4.74 Å². The Morgan fingerprint density at radius 2 is 1.86 bits per heavy atom. The molecule has 0 fully saturated rings. The lowest BCUT2D eigenvalue weighted by molar-refractivity contribution is -0.151. The van der Waals surface area contributed by atoms with E-state index in [9.17, 15) is 26.8 Å². The van der Waals surface area contributed by atoms with Crippen molar-refractivity contribution in [2.75, 3.05) is 11.9 Å². The number of halogens is 2. The molecule has 0 saturated carbocycles. The molecular weight excluding hydrogens is 394 g/mol. The van der Waals surface area contributed by atoms with Crippen LogP contribution in [0.2, 0.25) is 0 Å². The zero-order valence-electron chi connectivity index (χ0n) is 15.0. The van der Waals surface area contributed by atoms with Crippen molar-refractivity contribution in [2.45, 2.75) is 24.8 Å². The number of carbonyl (C=O) groups excluding carboxylic acids is 2. The van der Waals surface area contributed by atoms with E-state index in [0.29, 0.717) is 5.56 Å². The Kier molecular flexibility index (Phi) is 6.81. The fourth-order valence-corrected chi connectivity index (χ4v) is 3.08. The zero-order valence-corrected chi connectivity index (χ0v) is 15.8. The van der Waals surface area contributed by atoms with Gasteiger partial charge < -0.3 is 10.1 Å². The summed E-state index contributed by atoms with van der Waals surface area (Å²) in [5.41, 5.74) is 0.589. The summed E-state index contributed by atoms with van der Waals surface area (Å²) in [5.74, 6) is -2.99. The van der Waals surface area contributed by atoms with Gasteiger partial charge in [-0.15, -0.1) is 0 Å². The Hall–Kier alpha value is -2.85. The number of anilines is 1. The van der Waals surface area contributed by atoms with Gasteiger partial charge in [-0.1, -0.05) is 12.1 Å². The van der Waals surface area contributed by atoms with Crippen LogP contribution < -0.4 is 10.0 Å². The van der Waals surface area contributed by atoms with Crippen molar-refractivity contribution in [1.82, 2.24) is 4.72 Å².